The Balaban J connectivity index is 0.868. The van der Waals surface area contributed by atoms with Crippen LogP contribution in [0.2, 0.25) is 0 Å². The predicted octanol–water partition coefficient (Wildman–Crippen LogP) is 8.13. The Morgan fingerprint density at radius 2 is 0.400 bits per heavy atom. The van der Waals surface area contributed by atoms with Crippen molar-refractivity contribution in [3.05, 3.63) is 109 Å². The maximum atomic E-state index is 5.81. The fourth-order valence-electron chi connectivity index (χ4n) is 6.97. The first kappa shape index (κ1) is 42.8. The van der Waals surface area contributed by atoms with Gasteiger partial charge in [0.25, 0.3) is 0 Å². The third-order valence-electron chi connectivity index (χ3n) is 10.1. The van der Waals surface area contributed by atoms with E-state index >= 15 is 0 Å². The topological polar surface area (TPSA) is 128 Å². The van der Waals surface area contributed by atoms with Crippen LogP contribution in [0.25, 0.3) is 32.3 Å². The van der Waals surface area contributed by atoms with Crippen molar-refractivity contribution in [1.29, 1.82) is 0 Å². The molecule has 0 saturated carbocycles. The van der Waals surface area contributed by atoms with Crippen molar-refractivity contribution in [2.75, 3.05) is 150 Å². The monoisotopic (exact) mass is 816 g/mol. The Morgan fingerprint density at radius 1 is 0.217 bits per heavy atom. The Hall–Kier alpha value is -5.34. The molecule has 6 N–H and O–H groups in total. The molecule has 7 rings (SSSR count). The standard InChI is InChI=1S/C48H60N6O6/c1-7-43-31-40-32-44(8-2-37(1)40)50-14-20-56-27-28-58-22-16-52-46-10-4-39-6-12-48(36-42(39)35-46)54-18-24-60-30-29-59-23-17-53-47-11-5-38-3-9-45(33-41(38)34-47)51-15-21-57-26-25-55-19-13-49-43/h1-12,31-36,49-54H,13-30H2. The molecule has 6 aromatic rings. The molecule has 0 fully saturated rings. The lowest BCUT2D eigenvalue weighted by Crippen LogP contribution is -2.15. The Kier molecular flexibility index (Phi) is 17.1. The summed E-state index contributed by atoms with van der Waals surface area (Å²) in [7, 11) is 0. The van der Waals surface area contributed by atoms with Gasteiger partial charge >= 0.3 is 0 Å². The molecule has 1 heterocycles. The summed E-state index contributed by atoms with van der Waals surface area (Å²) < 4.78 is 34.9. The Labute approximate surface area is 353 Å². The van der Waals surface area contributed by atoms with E-state index in [9.17, 15) is 0 Å². The average Bonchev–Trinajstić information content (AvgIpc) is 3.27. The summed E-state index contributed by atoms with van der Waals surface area (Å²) in [5, 5.41) is 28.0. The highest BCUT2D eigenvalue weighted by atomic mass is 16.5. The van der Waals surface area contributed by atoms with E-state index in [1.807, 2.05) is 0 Å². The first-order chi connectivity index (χ1) is 29.7. The molecule has 0 aliphatic carbocycles. The van der Waals surface area contributed by atoms with Gasteiger partial charge in [-0.2, -0.15) is 0 Å². The van der Waals surface area contributed by atoms with Crippen molar-refractivity contribution < 1.29 is 28.4 Å². The van der Waals surface area contributed by atoms with Crippen LogP contribution in [-0.4, -0.2) is 119 Å². The lowest BCUT2D eigenvalue weighted by Gasteiger charge is -2.12. The van der Waals surface area contributed by atoms with Crippen LogP contribution in [0.1, 0.15) is 0 Å². The van der Waals surface area contributed by atoms with Gasteiger partial charge in [0.05, 0.1) is 79.3 Å². The Bertz CT molecular complexity index is 1820. The second-order valence-electron chi connectivity index (χ2n) is 14.6. The van der Waals surface area contributed by atoms with Gasteiger partial charge in [-0.15, -0.1) is 0 Å². The molecule has 0 atom stereocenters. The normalized spacial score (nSPS) is 17.2. The largest absolute Gasteiger partial charge is 0.383 e. The number of benzene rings is 6. The van der Waals surface area contributed by atoms with Gasteiger partial charge in [0.1, 0.15) is 0 Å². The number of nitrogens with one attached hydrogen (secondary N) is 6. The average molecular weight is 817 g/mol. The molecule has 0 radical (unpaired) electrons. The van der Waals surface area contributed by atoms with E-state index in [-0.39, 0.29) is 0 Å². The molecule has 0 aromatic heterocycles. The number of hydrogen-bond donors (Lipinski definition) is 6. The molecular formula is C48H60N6O6. The third kappa shape index (κ3) is 14.1. The minimum absolute atomic E-state index is 0.553. The van der Waals surface area contributed by atoms with Crippen LogP contribution < -0.4 is 31.9 Å². The summed E-state index contributed by atoms with van der Waals surface area (Å²) in [6.07, 6.45) is 0. The minimum atomic E-state index is 0.553. The zero-order valence-electron chi connectivity index (χ0n) is 34.6. The molecular weight excluding hydrogens is 757 g/mol. The molecule has 0 amide bonds. The third-order valence-corrected chi connectivity index (χ3v) is 10.1. The Morgan fingerprint density at radius 3 is 0.583 bits per heavy atom. The van der Waals surface area contributed by atoms with Gasteiger partial charge in [0, 0.05) is 73.4 Å². The van der Waals surface area contributed by atoms with Crippen molar-refractivity contribution in [2.24, 2.45) is 0 Å². The van der Waals surface area contributed by atoms with Gasteiger partial charge in [0.2, 0.25) is 0 Å². The zero-order valence-corrected chi connectivity index (χ0v) is 34.6. The maximum Gasteiger partial charge on any atom is 0.0701 e. The van der Waals surface area contributed by atoms with Gasteiger partial charge < -0.3 is 60.3 Å². The lowest BCUT2D eigenvalue weighted by atomic mass is 10.1. The molecule has 6 aromatic carbocycles. The second-order valence-corrected chi connectivity index (χ2v) is 14.6. The van der Waals surface area contributed by atoms with E-state index in [1.165, 1.54) is 32.3 Å². The first-order valence-corrected chi connectivity index (χ1v) is 21.3. The molecule has 0 saturated heterocycles. The highest BCUT2D eigenvalue weighted by Crippen LogP contribution is 2.25. The first-order valence-electron chi connectivity index (χ1n) is 21.3. The zero-order chi connectivity index (χ0) is 40.9. The minimum Gasteiger partial charge on any atom is -0.383 e. The molecule has 9 bridgehead atoms. The van der Waals surface area contributed by atoms with Gasteiger partial charge in [-0.3, -0.25) is 0 Å². The molecule has 318 valence electrons. The van der Waals surface area contributed by atoms with Crippen molar-refractivity contribution in [3.8, 4) is 0 Å². The summed E-state index contributed by atoms with van der Waals surface area (Å²) in [6, 6.07) is 38.5. The predicted molar refractivity (Wildman–Crippen MR) is 248 cm³/mol. The summed E-state index contributed by atoms with van der Waals surface area (Å²) in [5.41, 5.74) is 6.39. The van der Waals surface area contributed by atoms with E-state index in [4.69, 9.17) is 28.4 Å². The molecule has 1 aliphatic heterocycles. The maximum absolute atomic E-state index is 5.81. The van der Waals surface area contributed by atoms with E-state index in [0.29, 0.717) is 119 Å². The second kappa shape index (κ2) is 24.0. The molecule has 0 spiro atoms. The van der Waals surface area contributed by atoms with Crippen LogP contribution in [0.4, 0.5) is 34.1 Å². The van der Waals surface area contributed by atoms with Gasteiger partial charge in [-0.1, -0.05) is 36.4 Å². The fourth-order valence-corrected chi connectivity index (χ4v) is 6.97. The SMILES string of the molecule is c1cc2ccc3cc2cc1NCCOCCOCCNc1ccc2ccc(cc2c1)NCCOCCOCCNc1ccc2ccc(cc2c1)NCCOCCOCCN3. The van der Waals surface area contributed by atoms with E-state index in [1.54, 1.807) is 0 Å². The summed E-state index contributed by atoms with van der Waals surface area (Å²) >= 11 is 0. The van der Waals surface area contributed by atoms with E-state index in [2.05, 4.69) is 141 Å². The highest BCUT2D eigenvalue weighted by Gasteiger charge is 2.04. The summed E-state index contributed by atoms with van der Waals surface area (Å²) in [6.45, 7) is 11.2. The van der Waals surface area contributed by atoms with Crippen LogP contribution in [-0.2, 0) is 28.4 Å². The van der Waals surface area contributed by atoms with E-state index < -0.39 is 0 Å². The highest BCUT2D eigenvalue weighted by molar-refractivity contribution is 5.90. The number of anilines is 6. The van der Waals surface area contributed by atoms with Crippen LogP contribution >= 0.6 is 0 Å². The van der Waals surface area contributed by atoms with Crippen molar-refractivity contribution >= 4 is 66.4 Å². The summed E-state index contributed by atoms with van der Waals surface area (Å²) in [5.74, 6) is 0. The van der Waals surface area contributed by atoms with Crippen molar-refractivity contribution in [3.63, 3.8) is 0 Å². The fraction of sp³-hybridized carbons (Fsp3) is 0.375. The molecule has 1 aliphatic rings. The molecule has 60 heavy (non-hydrogen) atoms. The lowest BCUT2D eigenvalue weighted by molar-refractivity contribution is 0.0557. The van der Waals surface area contributed by atoms with Crippen LogP contribution in [0.15, 0.2) is 109 Å². The molecule has 12 nitrogen and oxygen atoms in total. The number of fused-ring (bicyclic) bond motifs is 6. The van der Waals surface area contributed by atoms with Gasteiger partial charge in [0.15, 0.2) is 0 Å². The smallest absolute Gasteiger partial charge is 0.0701 e. The van der Waals surface area contributed by atoms with Gasteiger partial charge in [-0.05, 0) is 105 Å². The number of hydrogen-bond acceptors (Lipinski definition) is 12. The quantitative estimate of drug-likeness (QED) is 0.0887. The number of ether oxygens (including phenoxy) is 6. The number of rotatable bonds is 0. The van der Waals surface area contributed by atoms with Crippen LogP contribution in [0, 0.1) is 0 Å². The van der Waals surface area contributed by atoms with Crippen molar-refractivity contribution in [1.82, 2.24) is 0 Å². The van der Waals surface area contributed by atoms with Crippen LogP contribution in [0.3, 0.4) is 0 Å². The van der Waals surface area contributed by atoms with Crippen molar-refractivity contribution in [2.45, 2.75) is 0 Å². The summed E-state index contributed by atoms with van der Waals surface area (Å²) in [4.78, 5) is 0. The molecule has 12 heteroatoms. The van der Waals surface area contributed by atoms with Gasteiger partial charge in [-0.25, -0.2) is 0 Å². The van der Waals surface area contributed by atoms with E-state index in [0.717, 1.165) is 34.1 Å². The molecule has 0 unspecified atom stereocenters. The van der Waals surface area contributed by atoms with Crippen LogP contribution in [0.5, 0.6) is 0 Å².